The van der Waals surface area contributed by atoms with Crippen LogP contribution < -0.4 is 10.6 Å². The normalized spacial score (nSPS) is 27.1. The standard InChI is InChI=1S/C17H31BN2O7/c1-16(2,3)27-15(22)26-11-25-14(21)17(7-4-5-8-18(23)24)12-6-9-19-13(12)10-20-17/h12-13,19-20,23-24H,4-11H2,1-3H3/t12-,13-,17+/m0/s1. The summed E-state index contributed by atoms with van der Waals surface area (Å²) in [5, 5.41) is 24.7. The van der Waals surface area contributed by atoms with E-state index in [-0.39, 0.29) is 18.3 Å². The summed E-state index contributed by atoms with van der Waals surface area (Å²) >= 11 is 0. The van der Waals surface area contributed by atoms with Gasteiger partial charge in [0.25, 0.3) is 0 Å². The van der Waals surface area contributed by atoms with Crippen LogP contribution in [0.15, 0.2) is 0 Å². The Morgan fingerprint density at radius 2 is 1.96 bits per heavy atom. The van der Waals surface area contributed by atoms with Crippen molar-refractivity contribution in [3.8, 4) is 0 Å². The number of carbonyl (C=O) groups excluding carboxylic acids is 2. The lowest BCUT2D eigenvalue weighted by molar-refractivity contribution is -0.164. The highest BCUT2D eigenvalue weighted by Gasteiger charge is 2.55. The van der Waals surface area contributed by atoms with Crippen molar-refractivity contribution in [1.29, 1.82) is 0 Å². The zero-order valence-corrected chi connectivity index (χ0v) is 16.3. The lowest BCUT2D eigenvalue weighted by Crippen LogP contribution is -2.53. The minimum Gasteiger partial charge on any atom is -0.428 e. The molecule has 154 valence electrons. The number of esters is 1. The first-order valence-corrected chi connectivity index (χ1v) is 9.51. The molecule has 0 unspecified atom stereocenters. The lowest BCUT2D eigenvalue weighted by Gasteiger charge is -2.32. The maximum atomic E-state index is 12.9. The molecule has 27 heavy (non-hydrogen) atoms. The SMILES string of the molecule is CC(C)(C)OC(=O)OCOC(=O)[C@]1(CCCCB(O)O)NC[C@@H]2NCC[C@@H]21. The van der Waals surface area contributed by atoms with Gasteiger partial charge in [0.05, 0.1) is 0 Å². The molecular formula is C17H31BN2O7. The summed E-state index contributed by atoms with van der Waals surface area (Å²) in [5.74, 6) is -0.364. The summed E-state index contributed by atoms with van der Waals surface area (Å²) in [5.41, 5.74) is -1.54. The minimum atomic E-state index is -1.34. The van der Waals surface area contributed by atoms with Crippen molar-refractivity contribution in [1.82, 2.24) is 10.6 Å². The van der Waals surface area contributed by atoms with Crippen LogP contribution in [0.5, 0.6) is 0 Å². The molecule has 2 aliphatic heterocycles. The topological polar surface area (TPSA) is 126 Å². The van der Waals surface area contributed by atoms with Crippen LogP contribution in [-0.4, -0.2) is 66.4 Å². The molecule has 0 aliphatic carbocycles. The number of fused-ring (bicyclic) bond motifs is 1. The van der Waals surface area contributed by atoms with E-state index in [0.29, 0.717) is 25.8 Å². The van der Waals surface area contributed by atoms with E-state index in [1.54, 1.807) is 20.8 Å². The van der Waals surface area contributed by atoms with Gasteiger partial charge in [-0.3, -0.25) is 0 Å². The second kappa shape index (κ2) is 9.23. The first-order chi connectivity index (χ1) is 12.6. The molecule has 0 bridgehead atoms. The molecule has 0 radical (unpaired) electrons. The fourth-order valence-corrected chi connectivity index (χ4v) is 3.86. The second-order valence-electron chi connectivity index (χ2n) is 8.19. The van der Waals surface area contributed by atoms with E-state index in [1.165, 1.54) is 0 Å². The summed E-state index contributed by atoms with van der Waals surface area (Å²) in [4.78, 5) is 24.5. The fourth-order valence-electron chi connectivity index (χ4n) is 3.86. The van der Waals surface area contributed by atoms with Crippen LogP contribution in [0, 0.1) is 5.92 Å². The zero-order chi connectivity index (χ0) is 20.1. The number of hydrogen-bond donors (Lipinski definition) is 4. The highest BCUT2D eigenvalue weighted by atomic mass is 16.8. The predicted octanol–water partition coefficient (Wildman–Crippen LogP) is 0.402. The van der Waals surface area contributed by atoms with E-state index in [1.807, 2.05) is 0 Å². The predicted molar refractivity (Wildman–Crippen MR) is 97.8 cm³/mol. The molecule has 0 aromatic rings. The van der Waals surface area contributed by atoms with Crippen LogP contribution in [0.25, 0.3) is 0 Å². The van der Waals surface area contributed by atoms with Crippen LogP contribution in [0.2, 0.25) is 6.32 Å². The monoisotopic (exact) mass is 386 g/mol. The molecule has 9 nitrogen and oxygen atoms in total. The minimum absolute atomic E-state index is 0.0885. The fraction of sp³-hybridized carbons (Fsp3) is 0.882. The number of nitrogens with one attached hydrogen (secondary N) is 2. The Morgan fingerprint density at radius 1 is 1.22 bits per heavy atom. The van der Waals surface area contributed by atoms with E-state index in [9.17, 15) is 9.59 Å². The third-order valence-electron chi connectivity index (χ3n) is 5.02. The van der Waals surface area contributed by atoms with Crippen molar-refractivity contribution in [2.45, 2.75) is 70.0 Å². The molecule has 0 spiro atoms. The van der Waals surface area contributed by atoms with Gasteiger partial charge in [-0.05, 0) is 46.5 Å². The van der Waals surface area contributed by atoms with Crippen molar-refractivity contribution in [2.24, 2.45) is 5.92 Å². The van der Waals surface area contributed by atoms with Crippen LogP contribution in [0.1, 0.15) is 46.5 Å². The molecule has 0 amide bonds. The zero-order valence-electron chi connectivity index (χ0n) is 16.3. The molecule has 2 aliphatic rings. The van der Waals surface area contributed by atoms with E-state index < -0.39 is 37.2 Å². The molecule has 0 aromatic carbocycles. The number of ether oxygens (including phenoxy) is 3. The first kappa shape index (κ1) is 21.9. The van der Waals surface area contributed by atoms with E-state index in [0.717, 1.165) is 13.0 Å². The van der Waals surface area contributed by atoms with Crippen LogP contribution in [0.3, 0.4) is 0 Å². The third kappa shape index (κ3) is 6.07. The molecular weight excluding hydrogens is 355 g/mol. The lowest BCUT2D eigenvalue weighted by atomic mass is 9.77. The van der Waals surface area contributed by atoms with Crippen LogP contribution >= 0.6 is 0 Å². The smallest absolute Gasteiger partial charge is 0.428 e. The van der Waals surface area contributed by atoms with Gasteiger partial charge in [-0.25, -0.2) is 9.59 Å². The van der Waals surface area contributed by atoms with Gasteiger partial charge in [0.15, 0.2) is 0 Å². The Kier molecular flexibility index (Phi) is 7.50. The van der Waals surface area contributed by atoms with Gasteiger partial charge < -0.3 is 34.9 Å². The number of unbranched alkanes of at least 4 members (excludes halogenated alkanes) is 1. The summed E-state index contributed by atoms with van der Waals surface area (Å²) in [6.07, 6.45) is 1.99. The summed E-state index contributed by atoms with van der Waals surface area (Å²) in [6.45, 7) is 6.15. The molecule has 4 N–H and O–H groups in total. The molecule has 0 saturated carbocycles. The van der Waals surface area contributed by atoms with Crippen molar-refractivity contribution in [2.75, 3.05) is 19.9 Å². The molecule has 2 fully saturated rings. The second-order valence-corrected chi connectivity index (χ2v) is 8.19. The van der Waals surface area contributed by atoms with Gasteiger partial charge in [-0.1, -0.05) is 12.8 Å². The average molecular weight is 386 g/mol. The summed E-state index contributed by atoms with van der Waals surface area (Å²) in [6, 6.07) is 0.202. The molecule has 10 heteroatoms. The Balaban J connectivity index is 1.91. The van der Waals surface area contributed by atoms with Gasteiger partial charge in [0.2, 0.25) is 6.79 Å². The van der Waals surface area contributed by atoms with E-state index >= 15 is 0 Å². The molecule has 2 saturated heterocycles. The van der Waals surface area contributed by atoms with Gasteiger partial charge in [0.1, 0.15) is 11.1 Å². The Morgan fingerprint density at radius 3 is 2.63 bits per heavy atom. The summed E-state index contributed by atoms with van der Waals surface area (Å²) < 4.78 is 15.1. The number of hydrogen-bond acceptors (Lipinski definition) is 9. The van der Waals surface area contributed by atoms with Crippen molar-refractivity contribution < 1.29 is 33.8 Å². The highest BCUT2D eigenvalue weighted by Crippen LogP contribution is 2.38. The van der Waals surface area contributed by atoms with Crippen LogP contribution in [0.4, 0.5) is 4.79 Å². The Bertz CT molecular complexity index is 526. The summed E-state index contributed by atoms with van der Waals surface area (Å²) in [7, 11) is -1.34. The van der Waals surface area contributed by atoms with Crippen LogP contribution in [-0.2, 0) is 19.0 Å². The number of carbonyl (C=O) groups is 2. The Hall–Kier alpha value is -1.36. The quantitative estimate of drug-likeness (QED) is 0.203. The number of rotatable bonds is 8. The van der Waals surface area contributed by atoms with E-state index in [2.05, 4.69) is 10.6 Å². The average Bonchev–Trinajstić information content (AvgIpc) is 3.13. The molecule has 3 atom stereocenters. The van der Waals surface area contributed by atoms with Crippen molar-refractivity contribution in [3.63, 3.8) is 0 Å². The first-order valence-electron chi connectivity index (χ1n) is 9.51. The molecule has 0 aromatic heterocycles. The van der Waals surface area contributed by atoms with Gasteiger partial charge in [0, 0.05) is 18.5 Å². The van der Waals surface area contributed by atoms with E-state index in [4.69, 9.17) is 24.3 Å². The molecule has 2 rings (SSSR count). The maximum Gasteiger partial charge on any atom is 0.511 e. The van der Waals surface area contributed by atoms with Gasteiger partial charge in [-0.15, -0.1) is 0 Å². The van der Waals surface area contributed by atoms with Crippen molar-refractivity contribution >= 4 is 19.2 Å². The highest BCUT2D eigenvalue weighted by molar-refractivity contribution is 6.40. The molecule has 2 heterocycles. The third-order valence-corrected chi connectivity index (χ3v) is 5.02. The largest absolute Gasteiger partial charge is 0.511 e. The Labute approximate surface area is 160 Å². The van der Waals surface area contributed by atoms with Gasteiger partial charge >= 0.3 is 19.2 Å². The van der Waals surface area contributed by atoms with Gasteiger partial charge in [-0.2, -0.15) is 0 Å². The maximum absolute atomic E-state index is 12.9. The van der Waals surface area contributed by atoms with Crippen molar-refractivity contribution in [3.05, 3.63) is 0 Å².